The summed E-state index contributed by atoms with van der Waals surface area (Å²) in [7, 11) is 0. The predicted molar refractivity (Wildman–Crippen MR) is 138 cm³/mol. The first-order chi connectivity index (χ1) is 17.4. The lowest BCUT2D eigenvalue weighted by atomic mass is 9.67. The fraction of sp³-hybridized carbons (Fsp3) is 0.750. The summed E-state index contributed by atoms with van der Waals surface area (Å²) in [6.45, 7) is 11.6. The van der Waals surface area contributed by atoms with Crippen LogP contribution in [0.5, 0.6) is 0 Å². The van der Waals surface area contributed by atoms with Crippen LogP contribution in [0.15, 0.2) is 23.8 Å². The van der Waals surface area contributed by atoms with Crippen molar-refractivity contribution in [3.05, 3.63) is 23.8 Å². The van der Waals surface area contributed by atoms with Gasteiger partial charge in [0.05, 0.1) is 36.3 Å². The van der Waals surface area contributed by atoms with Gasteiger partial charge in [0.1, 0.15) is 12.7 Å². The molecule has 0 aliphatic heterocycles. The van der Waals surface area contributed by atoms with E-state index < -0.39 is 65.7 Å². The highest BCUT2D eigenvalue weighted by atomic mass is 16.5. The molecular formula is C28H44O10. The molecule has 0 bridgehead atoms. The Morgan fingerprint density at radius 1 is 1.11 bits per heavy atom. The van der Waals surface area contributed by atoms with Gasteiger partial charge in [-0.3, -0.25) is 14.4 Å². The maximum atomic E-state index is 12.4. The maximum Gasteiger partial charge on any atom is 0.309 e. The van der Waals surface area contributed by atoms with E-state index in [-0.39, 0.29) is 43.3 Å². The van der Waals surface area contributed by atoms with E-state index in [0.29, 0.717) is 18.4 Å². The molecule has 5 N–H and O–H groups in total. The number of fused-ring (bicyclic) bond motifs is 1. The van der Waals surface area contributed by atoms with Crippen LogP contribution in [0.1, 0.15) is 79.6 Å². The molecule has 2 unspecified atom stereocenters. The van der Waals surface area contributed by atoms with Crippen molar-refractivity contribution in [1.29, 1.82) is 0 Å². The van der Waals surface area contributed by atoms with Crippen molar-refractivity contribution < 1.29 is 49.4 Å². The number of carbonyl (C=O) groups is 3. The minimum atomic E-state index is -1.79. The topological polar surface area (TPSA) is 171 Å². The van der Waals surface area contributed by atoms with E-state index in [0.717, 1.165) is 0 Å². The number of aliphatic carboxylic acids is 1. The van der Waals surface area contributed by atoms with Gasteiger partial charge in [0.15, 0.2) is 0 Å². The monoisotopic (exact) mass is 540 g/mol. The number of hydrogen-bond acceptors (Lipinski definition) is 9. The van der Waals surface area contributed by atoms with Gasteiger partial charge in [0, 0.05) is 12.3 Å². The van der Waals surface area contributed by atoms with Crippen LogP contribution in [0, 0.1) is 17.3 Å². The van der Waals surface area contributed by atoms with E-state index in [4.69, 9.17) is 14.6 Å². The number of aliphatic hydroxyl groups excluding tert-OH is 2. The molecule has 0 aromatic carbocycles. The third-order valence-corrected chi connectivity index (χ3v) is 8.11. The summed E-state index contributed by atoms with van der Waals surface area (Å²) in [4.78, 5) is 35.5. The molecule has 0 saturated heterocycles. The van der Waals surface area contributed by atoms with E-state index in [2.05, 4.69) is 6.58 Å². The second kappa shape index (κ2) is 12.3. The fourth-order valence-electron chi connectivity index (χ4n) is 5.95. The molecule has 2 rings (SSSR count). The van der Waals surface area contributed by atoms with Crippen molar-refractivity contribution in [2.45, 2.75) is 109 Å². The molecule has 38 heavy (non-hydrogen) atoms. The van der Waals surface area contributed by atoms with Crippen LogP contribution in [0.2, 0.25) is 0 Å². The smallest absolute Gasteiger partial charge is 0.309 e. The molecule has 1 fully saturated rings. The second-order valence-electron chi connectivity index (χ2n) is 12.1. The number of carboxylic acids is 1. The minimum Gasteiger partial charge on any atom is -0.481 e. The fourth-order valence-corrected chi connectivity index (χ4v) is 5.95. The molecule has 0 heterocycles. The van der Waals surface area contributed by atoms with Gasteiger partial charge in [-0.2, -0.15) is 0 Å². The third kappa shape index (κ3) is 8.36. The van der Waals surface area contributed by atoms with Gasteiger partial charge in [-0.05, 0) is 81.9 Å². The summed E-state index contributed by atoms with van der Waals surface area (Å²) < 4.78 is 11.1. The molecule has 0 amide bonds. The lowest BCUT2D eigenvalue weighted by Crippen LogP contribution is -2.45. The van der Waals surface area contributed by atoms with Crippen molar-refractivity contribution in [3.8, 4) is 0 Å². The Morgan fingerprint density at radius 2 is 1.74 bits per heavy atom. The van der Waals surface area contributed by atoms with Crippen molar-refractivity contribution in [1.82, 2.24) is 0 Å². The van der Waals surface area contributed by atoms with Gasteiger partial charge >= 0.3 is 17.9 Å². The molecule has 2 aliphatic carbocycles. The molecule has 2 aliphatic rings. The third-order valence-electron chi connectivity index (χ3n) is 8.11. The first-order valence-corrected chi connectivity index (χ1v) is 13.1. The summed E-state index contributed by atoms with van der Waals surface area (Å²) in [6.07, 6.45) is -0.446. The van der Waals surface area contributed by atoms with Crippen LogP contribution in [-0.4, -0.2) is 79.6 Å². The zero-order valence-corrected chi connectivity index (χ0v) is 23.1. The normalized spacial score (nSPS) is 33.7. The van der Waals surface area contributed by atoms with E-state index in [9.17, 15) is 34.8 Å². The Hall–Kier alpha value is -2.27. The zero-order chi connectivity index (χ0) is 29.1. The Labute approximate surface area is 224 Å². The Balaban J connectivity index is 2.44. The highest BCUT2D eigenvalue weighted by Gasteiger charge is 2.54. The molecule has 0 aromatic heterocycles. The quantitative estimate of drug-likeness (QED) is 0.227. The minimum absolute atomic E-state index is 0.166. The number of aliphatic hydroxyl groups is 4. The van der Waals surface area contributed by atoms with Crippen molar-refractivity contribution in [3.63, 3.8) is 0 Å². The highest BCUT2D eigenvalue weighted by Crippen LogP contribution is 2.56. The Morgan fingerprint density at radius 3 is 2.29 bits per heavy atom. The number of rotatable bonds is 8. The maximum absolute atomic E-state index is 12.4. The van der Waals surface area contributed by atoms with E-state index >= 15 is 0 Å². The molecule has 1 saturated carbocycles. The summed E-state index contributed by atoms with van der Waals surface area (Å²) in [5, 5.41) is 51.8. The molecule has 0 radical (unpaired) electrons. The molecule has 0 spiro atoms. The first kappa shape index (κ1) is 31.9. The van der Waals surface area contributed by atoms with Gasteiger partial charge in [-0.25, -0.2) is 0 Å². The summed E-state index contributed by atoms with van der Waals surface area (Å²) in [5.41, 5.74) is -2.74. The number of carbonyl (C=O) groups excluding carboxylic acids is 2. The lowest BCUT2D eigenvalue weighted by Gasteiger charge is -2.42. The molecule has 10 nitrogen and oxygen atoms in total. The van der Waals surface area contributed by atoms with Gasteiger partial charge < -0.3 is 35.0 Å². The molecular weight excluding hydrogens is 496 g/mol. The zero-order valence-electron chi connectivity index (χ0n) is 23.1. The van der Waals surface area contributed by atoms with E-state index in [1.165, 1.54) is 13.8 Å². The molecule has 7 atom stereocenters. The van der Waals surface area contributed by atoms with Gasteiger partial charge in [-0.1, -0.05) is 13.5 Å². The largest absolute Gasteiger partial charge is 0.481 e. The average Bonchev–Trinajstić information content (AvgIpc) is 3.09. The van der Waals surface area contributed by atoms with Crippen molar-refractivity contribution in [2.24, 2.45) is 17.3 Å². The SMILES string of the molecule is C=C1[C@@H](O)CC/C(COC(=O)CC(C)(O)CC(=O)O)=C\C(OC(C)=O)[C@@]2(C)CC[C@@H](C(C)(C)O)[C@@H]2C[C@@H]1O. The van der Waals surface area contributed by atoms with Crippen LogP contribution < -0.4 is 0 Å². The van der Waals surface area contributed by atoms with Gasteiger partial charge in [-0.15, -0.1) is 0 Å². The van der Waals surface area contributed by atoms with E-state index in [1.54, 1.807) is 19.9 Å². The number of hydrogen-bond donors (Lipinski definition) is 5. The lowest BCUT2D eigenvalue weighted by molar-refractivity contribution is -0.154. The number of carboxylic acid groups (broad SMARTS) is 1. The average molecular weight is 541 g/mol. The molecule has 10 heteroatoms. The van der Waals surface area contributed by atoms with Crippen LogP contribution in [-0.2, 0) is 23.9 Å². The summed E-state index contributed by atoms with van der Waals surface area (Å²) in [6, 6.07) is 0. The highest BCUT2D eigenvalue weighted by molar-refractivity contribution is 5.74. The van der Waals surface area contributed by atoms with Gasteiger partial charge in [0.2, 0.25) is 0 Å². The summed E-state index contributed by atoms with van der Waals surface area (Å²) >= 11 is 0. The van der Waals surface area contributed by atoms with Crippen LogP contribution in [0.3, 0.4) is 0 Å². The number of ether oxygens (including phenoxy) is 2. The van der Waals surface area contributed by atoms with Crippen LogP contribution in [0.4, 0.5) is 0 Å². The Kier molecular flexibility index (Phi) is 10.3. The standard InChI is InChI=1S/C28H44O10/c1-16-21(30)8-7-18(15-37-25(34)14-27(5,36)13-24(32)33)11-23(38-17(2)29)28(6)10-9-19(26(3,4)35)20(28)12-22(16)31/h11,19-23,30-31,35-36H,1,7-10,12-15H2,2-6H3,(H,32,33)/b18-11+/t19-,20+,21+,22+,23?,27?,28+/m1/s1. The first-order valence-electron chi connectivity index (χ1n) is 13.1. The van der Waals surface area contributed by atoms with Crippen LogP contribution >= 0.6 is 0 Å². The predicted octanol–water partition coefficient (Wildman–Crippen LogP) is 2.27. The van der Waals surface area contributed by atoms with Crippen molar-refractivity contribution in [2.75, 3.05) is 6.61 Å². The van der Waals surface area contributed by atoms with Gasteiger partial charge in [0.25, 0.3) is 0 Å². The summed E-state index contributed by atoms with van der Waals surface area (Å²) in [5.74, 6) is -3.09. The van der Waals surface area contributed by atoms with E-state index in [1.807, 2.05) is 6.92 Å². The molecule has 216 valence electrons. The Bertz CT molecular complexity index is 930. The van der Waals surface area contributed by atoms with Crippen LogP contribution in [0.25, 0.3) is 0 Å². The number of esters is 2. The molecule has 0 aromatic rings. The van der Waals surface area contributed by atoms with Crippen molar-refractivity contribution >= 4 is 17.9 Å². The second-order valence-corrected chi connectivity index (χ2v) is 12.1.